The molecule has 314 valence electrons. The van der Waals surface area contributed by atoms with Crippen LogP contribution in [0.2, 0.25) is 5.15 Å². The Morgan fingerprint density at radius 2 is 1.27 bits per heavy atom. The van der Waals surface area contributed by atoms with Crippen LogP contribution in [0.3, 0.4) is 0 Å². The van der Waals surface area contributed by atoms with E-state index in [0.29, 0.717) is 52.3 Å². The molecule has 0 aliphatic rings. The molecule has 0 saturated carbocycles. The number of fused-ring (bicyclic) bond motifs is 2. The highest BCUT2D eigenvalue weighted by Gasteiger charge is 2.15. The van der Waals surface area contributed by atoms with Crippen molar-refractivity contribution in [2.45, 2.75) is 25.4 Å². The molecule has 7 N–H and O–H groups in total. The van der Waals surface area contributed by atoms with Gasteiger partial charge in [-0.3, -0.25) is 20.1 Å². The molecule has 6 aromatic heterocycles. The van der Waals surface area contributed by atoms with Crippen molar-refractivity contribution in [3.63, 3.8) is 0 Å². The van der Waals surface area contributed by atoms with Crippen molar-refractivity contribution in [2.24, 2.45) is 0 Å². The fourth-order valence-electron chi connectivity index (χ4n) is 5.26. The third kappa shape index (κ3) is 12.4. The molecule has 0 amide bonds. The topological polar surface area (TPSA) is 319 Å². The lowest BCUT2D eigenvalue weighted by molar-refractivity contribution is -0.384. The van der Waals surface area contributed by atoms with Crippen LogP contribution in [0, 0.1) is 32.8 Å². The van der Waals surface area contributed by atoms with E-state index in [1.807, 2.05) is 30.3 Å². The number of pyridine rings is 2. The van der Waals surface area contributed by atoms with E-state index >= 15 is 0 Å². The van der Waals surface area contributed by atoms with E-state index in [1.165, 1.54) is 36.8 Å². The number of nitrogens with two attached hydrogens (primary N) is 3. The van der Waals surface area contributed by atoms with Crippen LogP contribution in [0.1, 0.15) is 29.7 Å². The second-order valence-corrected chi connectivity index (χ2v) is 15.1. The van der Waals surface area contributed by atoms with Gasteiger partial charge in [0.2, 0.25) is 11.9 Å². The predicted molar refractivity (Wildman–Crippen MR) is 241 cm³/mol. The van der Waals surface area contributed by atoms with Crippen LogP contribution in [-0.4, -0.2) is 63.1 Å². The second kappa shape index (κ2) is 22.3. The van der Waals surface area contributed by atoms with Crippen molar-refractivity contribution < 1.29 is 13.7 Å². The summed E-state index contributed by atoms with van der Waals surface area (Å²) < 4.78 is 22.4. The number of benzene rings is 2. The van der Waals surface area contributed by atoms with Crippen LogP contribution >= 0.6 is 11.6 Å². The molecule has 0 fully saturated rings. The molecule has 0 aliphatic heterocycles. The summed E-state index contributed by atoms with van der Waals surface area (Å²) in [6, 6.07) is 20.7. The fourth-order valence-corrected chi connectivity index (χ4v) is 5.86. The molecule has 25 heteroatoms. The molecule has 6 heterocycles. The molecule has 62 heavy (non-hydrogen) atoms. The lowest BCUT2D eigenvalue weighted by Crippen LogP contribution is -2.05. The van der Waals surface area contributed by atoms with Gasteiger partial charge in [-0.2, -0.15) is 30.7 Å². The van der Waals surface area contributed by atoms with Gasteiger partial charge in [0.05, 0.1) is 62.9 Å². The summed E-state index contributed by atoms with van der Waals surface area (Å²) in [4.78, 5) is 34.6. The van der Waals surface area contributed by atoms with Crippen molar-refractivity contribution in [1.82, 2.24) is 49.5 Å². The lowest BCUT2D eigenvalue weighted by Gasteiger charge is -2.06. The number of nitro groups is 1. The fraction of sp³-hybridized carbons (Fsp3) is 0.0811. The Morgan fingerprint density at radius 3 is 1.82 bits per heavy atom. The Labute approximate surface area is 372 Å². The molecule has 0 aliphatic carbocycles. The normalized spacial score (nSPS) is 10.5. The number of aromatic nitrogens is 10. The van der Waals surface area contributed by atoms with E-state index in [0.717, 1.165) is 25.4 Å². The highest BCUT2D eigenvalue weighted by molar-refractivity contribution is 8.37. The Balaban J connectivity index is 0.000000210. The highest BCUT2D eigenvalue weighted by atomic mass is 35.5. The molecule has 0 spiro atoms. The SMILES string of the molecule is C.N#Cc1cncc(-c2nc(N)nc3c2cnn3Cc2ccc(N)cc2)c1.N#Cc1cncc(S(=O)O)c1.Nc1nc(Cl)c2cnn(Cc3ccc([N+](=O)[O-])cc3)c2n1.S=S=S. The maximum Gasteiger partial charge on any atom is 0.269 e. The Hall–Kier alpha value is -7.32. The number of nitrogens with zero attached hydrogens (tertiary/aromatic N) is 13. The van der Waals surface area contributed by atoms with Crippen molar-refractivity contribution in [2.75, 3.05) is 17.2 Å². The Kier molecular flexibility index (Phi) is 17.1. The molecule has 0 radical (unpaired) electrons. The quantitative estimate of drug-likeness (QED) is 0.0527. The number of hydrogen-bond donors (Lipinski definition) is 4. The molecule has 0 saturated heterocycles. The van der Waals surface area contributed by atoms with E-state index in [-0.39, 0.29) is 40.6 Å². The van der Waals surface area contributed by atoms with Crippen molar-refractivity contribution in [3.8, 4) is 23.4 Å². The van der Waals surface area contributed by atoms with Crippen LogP contribution in [0.25, 0.3) is 33.3 Å². The van der Waals surface area contributed by atoms with Gasteiger partial charge in [-0.1, -0.05) is 43.3 Å². The van der Waals surface area contributed by atoms with Crippen LogP contribution in [0.15, 0.2) is 103 Å². The molecule has 8 rings (SSSR count). The smallest absolute Gasteiger partial charge is 0.269 e. The van der Waals surface area contributed by atoms with E-state index in [1.54, 1.807) is 46.2 Å². The number of non-ortho nitro benzene ring substituents is 1. The predicted octanol–water partition coefficient (Wildman–Crippen LogP) is 5.15. The van der Waals surface area contributed by atoms with Crippen molar-refractivity contribution >= 4 is 99.3 Å². The number of rotatable bonds is 7. The first-order valence-corrected chi connectivity index (χ1v) is 20.9. The first kappa shape index (κ1) is 47.4. The van der Waals surface area contributed by atoms with Crippen LogP contribution in [0.5, 0.6) is 0 Å². The number of halogens is 1. The monoisotopic (exact) mass is 926 g/mol. The van der Waals surface area contributed by atoms with Gasteiger partial charge >= 0.3 is 0 Å². The Morgan fingerprint density at radius 1 is 0.774 bits per heavy atom. The van der Waals surface area contributed by atoms with Gasteiger partial charge < -0.3 is 21.8 Å². The van der Waals surface area contributed by atoms with E-state index in [9.17, 15) is 14.3 Å². The van der Waals surface area contributed by atoms with Crippen LogP contribution in [-0.2, 0) is 55.4 Å². The van der Waals surface area contributed by atoms with Gasteiger partial charge in [0, 0.05) is 79.4 Å². The number of nitro benzene ring substituents is 1. The minimum atomic E-state index is -2.05. The number of hydrogen-bond acceptors (Lipinski definition) is 18. The maximum atomic E-state index is 10.6. The summed E-state index contributed by atoms with van der Waals surface area (Å²) in [5.74, 6) is 0.201. The molecule has 1 unspecified atom stereocenters. The summed E-state index contributed by atoms with van der Waals surface area (Å²) in [6.07, 6.45) is 8.96. The van der Waals surface area contributed by atoms with Crippen LogP contribution in [0.4, 0.5) is 23.3 Å². The van der Waals surface area contributed by atoms with Gasteiger partial charge in [0.15, 0.2) is 22.4 Å². The second-order valence-electron chi connectivity index (χ2n) is 12.0. The van der Waals surface area contributed by atoms with E-state index in [4.69, 9.17) is 43.9 Å². The van der Waals surface area contributed by atoms with E-state index in [2.05, 4.69) is 68.5 Å². The first-order valence-electron chi connectivity index (χ1n) is 16.8. The average molecular weight is 927 g/mol. The molecule has 0 bridgehead atoms. The molecular weight excluding hydrogens is 896 g/mol. The third-order valence-electron chi connectivity index (χ3n) is 7.96. The van der Waals surface area contributed by atoms with Crippen LogP contribution < -0.4 is 17.2 Å². The summed E-state index contributed by atoms with van der Waals surface area (Å²) in [5, 5.41) is 38.3. The minimum Gasteiger partial charge on any atom is -0.399 e. The van der Waals surface area contributed by atoms with Gasteiger partial charge in [0.1, 0.15) is 17.3 Å². The van der Waals surface area contributed by atoms with Gasteiger partial charge in [-0.25, -0.2) is 23.5 Å². The molecular formula is C37H31ClN16O4S4. The standard InChI is InChI=1S/C18H14N8.C12H9ClN6O2.C6H4N2O2S.CH4.S3/c19-6-12-5-13(8-22-7-12)16-15-9-23-26(17(15)25-18(21)24-16)10-11-1-3-14(20)4-2-11;13-10-9-5-15-18(11(9)17-12(14)16-10)6-7-1-3-8(4-2-7)19(20)21;7-2-5-1-6(11(9)10)4-8-3-5;;1-3-2/h1-5,7-9H,10,20H2,(H2,21,24,25);1-5H,6H2,(H2,14,16,17);1,3-4H,(H,9,10);1H4;. The summed E-state index contributed by atoms with van der Waals surface area (Å²) in [7, 11) is 0.917. The largest absolute Gasteiger partial charge is 0.399 e. The zero-order valence-electron chi connectivity index (χ0n) is 30.9. The summed E-state index contributed by atoms with van der Waals surface area (Å²) >= 11 is 12.2. The molecule has 2 aromatic carbocycles. The minimum absolute atomic E-state index is 0. The van der Waals surface area contributed by atoms with E-state index < -0.39 is 16.0 Å². The average Bonchev–Trinajstić information content (AvgIpc) is 3.85. The molecule has 1 atom stereocenters. The van der Waals surface area contributed by atoms with Gasteiger partial charge in [0.25, 0.3) is 5.69 Å². The highest BCUT2D eigenvalue weighted by Crippen LogP contribution is 2.27. The number of nitriles is 2. The number of anilines is 3. The zero-order valence-corrected chi connectivity index (χ0v) is 34.9. The lowest BCUT2D eigenvalue weighted by atomic mass is 10.1. The summed E-state index contributed by atoms with van der Waals surface area (Å²) in [6.45, 7) is 0.921. The molecule has 20 nitrogen and oxygen atoms in total. The van der Waals surface area contributed by atoms with Crippen molar-refractivity contribution in [3.05, 3.63) is 135 Å². The molecule has 8 aromatic rings. The third-order valence-corrected chi connectivity index (χ3v) is 8.87. The summed E-state index contributed by atoms with van der Waals surface area (Å²) in [5.41, 5.74) is 23.0. The Bertz CT molecular complexity index is 3000. The zero-order chi connectivity index (χ0) is 44.1. The van der Waals surface area contributed by atoms with Gasteiger partial charge in [-0.05, 0) is 35.4 Å². The maximum absolute atomic E-state index is 10.6. The number of nitrogen functional groups attached to an aromatic ring is 3. The van der Waals surface area contributed by atoms with Gasteiger partial charge in [-0.15, -0.1) is 0 Å². The first-order chi connectivity index (χ1) is 29.3. The van der Waals surface area contributed by atoms with Crippen molar-refractivity contribution in [1.29, 1.82) is 10.5 Å².